The number of halogens is 3. The van der Waals surface area contributed by atoms with E-state index in [0.717, 1.165) is 27.7 Å². The zero-order valence-electron chi connectivity index (χ0n) is 11.3. The summed E-state index contributed by atoms with van der Waals surface area (Å²) in [5, 5.41) is 11.4. The van der Waals surface area contributed by atoms with Gasteiger partial charge in [0.2, 0.25) is 0 Å². The zero-order chi connectivity index (χ0) is 15.7. The van der Waals surface area contributed by atoms with Crippen LogP contribution in [0.1, 0.15) is 21.5 Å². The van der Waals surface area contributed by atoms with Crippen molar-refractivity contribution in [1.82, 2.24) is 0 Å². The maximum Gasteiger partial charge on any atom is 0.335 e. The first-order valence-corrected chi connectivity index (χ1v) is 6.85. The zero-order valence-corrected chi connectivity index (χ0v) is 12.9. The Morgan fingerprint density at radius 2 is 1.57 bits per heavy atom. The highest BCUT2D eigenvalue weighted by Crippen LogP contribution is 2.29. The molecule has 0 amide bonds. The number of benzene rings is 2. The van der Waals surface area contributed by atoms with E-state index in [9.17, 15) is 13.6 Å². The van der Waals surface area contributed by atoms with E-state index in [1.165, 1.54) is 0 Å². The minimum absolute atomic E-state index is 0.374. The molecule has 0 fully saturated rings. The van der Waals surface area contributed by atoms with Crippen molar-refractivity contribution in [3.63, 3.8) is 0 Å². The molecule has 0 unspecified atom stereocenters. The van der Waals surface area contributed by atoms with Gasteiger partial charge in [0, 0.05) is 10.2 Å². The first kappa shape index (κ1) is 15.4. The van der Waals surface area contributed by atoms with Gasteiger partial charge in [0.1, 0.15) is 5.69 Å². The van der Waals surface area contributed by atoms with Gasteiger partial charge in [-0.25, -0.2) is 13.6 Å². The number of nitrogens with one attached hydrogen (secondary N) is 1. The van der Waals surface area contributed by atoms with Crippen LogP contribution in [-0.4, -0.2) is 11.1 Å². The molecular formula is C15H12BrF2NO2. The quantitative estimate of drug-likeness (QED) is 0.832. The Hall–Kier alpha value is -1.95. The van der Waals surface area contributed by atoms with Crippen LogP contribution in [0.25, 0.3) is 0 Å². The van der Waals surface area contributed by atoms with Gasteiger partial charge in [-0.15, -0.1) is 0 Å². The molecular weight excluding hydrogens is 344 g/mol. The van der Waals surface area contributed by atoms with E-state index >= 15 is 0 Å². The molecule has 2 aromatic carbocycles. The smallest absolute Gasteiger partial charge is 0.335 e. The number of aromatic carboxylic acids is 1. The Balaban J connectivity index is 2.43. The normalized spacial score (nSPS) is 10.5. The topological polar surface area (TPSA) is 49.3 Å². The summed E-state index contributed by atoms with van der Waals surface area (Å²) in [6.45, 7) is 3.73. The summed E-state index contributed by atoms with van der Waals surface area (Å²) in [5.74, 6) is -3.29. The lowest BCUT2D eigenvalue weighted by atomic mass is 10.1. The van der Waals surface area contributed by atoms with Crippen LogP contribution in [-0.2, 0) is 0 Å². The molecule has 0 atom stereocenters. The van der Waals surface area contributed by atoms with Crippen molar-refractivity contribution in [2.24, 2.45) is 0 Å². The summed E-state index contributed by atoms with van der Waals surface area (Å²) in [4.78, 5) is 10.7. The minimum Gasteiger partial charge on any atom is -0.478 e. The molecule has 0 spiro atoms. The van der Waals surface area contributed by atoms with Gasteiger partial charge < -0.3 is 10.4 Å². The van der Waals surface area contributed by atoms with E-state index < -0.39 is 23.2 Å². The molecule has 0 aliphatic rings. The van der Waals surface area contributed by atoms with E-state index in [0.29, 0.717) is 5.69 Å². The fourth-order valence-corrected chi connectivity index (χ4v) is 2.21. The Labute approximate surface area is 128 Å². The van der Waals surface area contributed by atoms with Gasteiger partial charge in [0.05, 0.1) is 5.56 Å². The van der Waals surface area contributed by atoms with Crippen LogP contribution in [0, 0.1) is 25.5 Å². The lowest BCUT2D eigenvalue weighted by Gasteiger charge is -2.12. The molecule has 2 rings (SSSR count). The third-order valence-electron chi connectivity index (χ3n) is 2.99. The lowest BCUT2D eigenvalue weighted by Crippen LogP contribution is -2.03. The second-order valence-corrected chi connectivity index (χ2v) is 5.46. The van der Waals surface area contributed by atoms with Crippen molar-refractivity contribution in [3.05, 3.63) is 57.1 Å². The van der Waals surface area contributed by atoms with Crippen molar-refractivity contribution >= 4 is 33.3 Å². The molecule has 2 aromatic rings. The van der Waals surface area contributed by atoms with Gasteiger partial charge in [0.25, 0.3) is 0 Å². The largest absolute Gasteiger partial charge is 0.478 e. The van der Waals surface area contributed by atoms with Crippen LogP contribution < -0.4 is 5.32 Å². The average Bonchev–Trinajstić information content (AvgIpc) is 2.39. The molecule has 21 heavy (non-hydrogen) atoms. The van der Waals surface area contributed by atoms with E-state index in [1.54, 1.807) is 12.1 Å². The number of aryl methyl sites for hydroxylation is 2. The summed E-state index contributed by atoms with van der Waals surface area (Å²) in [7, 11) is 0. The molecule has 0 aliphatic heterocycles. The van der Waals surface area contributed by atoms with Crippen LogP contribution in [0.3, 0.4) is 0 Å². The fraction of sp³-hybridized carbons (Fsp3) is 0.133. The van der Waals surface area contributed by atoms with Crippen LogP contribution in [0.4, 0.5) is 20.2 Å². The third-order valence-corrected chi connectivity index (χ3v) is 4.25. The number of carboxylic acids is 1. The molecule has 6 heteroatoms. The van der Waals surface area contributed by atoms with Crippen molar-refractivity contribution in [3.8, 4) is 0 Å². The van der Waals surface area contributed by atoms with Crippen LogP contribution >= 0.6 is 15.9 Å². The molecule has 0 heterocycles. The predicted molar refractivity (Wildman–Crippen MR) is 80.2 cm³/mol. The van der Waals surface area contributed by atoms with Gasteiger partial charge >= 0.3 is 5.97 Å². The van der Waals surface area contributed by atoms with Gasteiger partial charge in [0.15, 0.2) is 11.6 Å². The summed E-state index contributed by atoms with van der Waals surface area (Å²) < 4.78 is 28.7. The van der Waals surface area contributed by atoms with E-state index in [2.05, 4.69) is 21.2 Å². The number of hydrogen-bond acceptors (Lipinski definition) is 2. The van der Waals surface area contributed by atoms with Gasteiger partial charge in [-0.3, -0.25) is 0 Å². The highest BCUT2D eigenvalue weighted by atomic mass is 79.9. The Morgan fingerprint density at radius 3 is 2.00 bits per heavy atom. The number of carbonyl (C=O) groups is 1. The standard InChI is InChI=1S/C15H12BrF2NO2/c1-7-3-10(4-8(2)13(7)16)19-14-11(17)5-9(15(20)21)6-12(14)18/h3-6,19H,1-2H3,(H,20,21). The summed E-state index contributed by atoms with van der Waals surface area (Å²) in [6, 6.07) is 5.04. The first-order valence-electron chi connectivity index (χ1n) is 6.05. The SMILES string of the molecule is Cc1cc(Nc2c(F)cc(C(=O)O)cc2F)cc(C)c1Br. The monoisotopic (exact) mass is 355 g/mol. The highest BCUT2D eigenvalue weighted by Gasteiger charge is 2.15. The van der Waals surface area contributed by atoms with Crippen LogP contribution in [0.15, 0.2) is 28.7 Å². The van der Waals surface area contributed by atoms with Gasteiger partial charge in [-0.2, -0.15) is 0 Å². The van der Waals surface area contributed by atoms with E-state index in [4.69, 9.17) is 5.11 Å². The molecule has 0 saturated heterocycles. The van der Waals surface area contributed by atoms with Gasteiger partial charge in [-0.1, -0.05) is 15.9 Å². The van der Waals surface area contributed by atoms with Crippen LogP contribution in [0.2, 0.25) is 0 Å². The maximum absolute atomic E-state index is 13.9. The van der Waals surface area contributed by atoms with E-state index in [1.807, 2.05) is 13.8 Å². The molecule has 0 saturated carbocycles. The molecule has 2 N–H and O–H groups in total. The first-order chi connectivity index (χ1) is 9.79. The number of hydrogen-bond donors (Lipinski definition) is 2. The molecule has 0 bridgehead atoms. The van der Waals surface area contributed by atoms with Gasteiger partial charge in [-0.05, 0) is 49.2 Å². The van der Waals surface area contributed by atoms with Crippen molar-refractivity contribution in [2.75, 3.05) is 5.32 Å². The predicted octanol–water partition coefficient (Wildman–Crippen LogP) is 4.79. The molecule has 0 aliphatic carbocycles. The fourth-order valence-electron chi connectivity index (χ4n) is 1.98. The second-order valence-electron chi connectivity index (χ2n) is 4.67. The van der Waals surface area contributed by atoms with Crippen molar-refractivity contribution in [2.45, 2.75) is 13.8 Å². The average molecular weight is 356 g/mol. The minimum atomic E-state index is -1.38. The Bertz CT molecular complexity index is 686. The highest BCUT2D eigenvalue weighted by molar-refractivity contribution is 9.10. The molecule has 0 radical (unpaired) electrons. The number of carboxylic acid groups (broad SMARTS) is 1. The molecule has 3 nitrogen and oxygen atoms in total. The van der Waals surface area contributed by atoms with Crippen molar-refractivity contribution in [1.29, 1.82) is 0 Å². The van der Waals surface area contributed by atoms with Crippen molar-refractivity contribution < 1.29 is 18.7 Å². The van der Waals surface area contributed by atoms with E-state index in [-0.39, 0.29) is 5.69 Å². The van der Waals surface area contributed by atoms with Crippen LogP contribution in [0.5, 0.6) is 0 Å². The second kappa shape index (κ2) is 5.81. The lowest BCUT2D eigenvalue weighted by molar-refractivity contribution is 0.0696. The Morgan fingerprint density at radius 1 is 1.10 bits per heavy atom. The summed E-state index contributed by atoms with van der Waals surface area (Å²) in [5.41, 5.74) is 1.55. The Kier molecular flexibility index (Phi) is 4.27. The molecule has 110 valence electrons. The third kappa shape index (κ3) is 3.21. The summed E-state index contributed by atoms with van der Waals surface area (Å²) >= 11 is 3.41. The maximum atomic E-state index is 13.9. The number of anilines is 2. The molecule has 0 aromatic heterocycles. The number of rotatable bonds is 3. The summed E-state index contributed by atoms with van der Waals surface area (Å²) in [6.07, 6.45) is 0.